The van der Waals surface area contributed by atoms with Crippen LogP contribution in [0, 0.1) is 0 Å². The van der Waals surface area contributed by atoms with Gasteiger partial charge in [0.15, 0.2) is 17.7 Å². The predicted molar refractivity (Wildman–Crippen MR) is 82.3 cm³/mol. The minimum atomic E-state index is -0.828. The number of carbonyl (C=O) groups is 3. The molecule has 0 spiro atoms. The van der Waals surface area contributed by atoms with E-state index in [1.54, 1.807) is 31.2 Å². The topological polar surface area (TPSA) is 127 Å². The highest BCUT2D eigenvalue weighted by atomic mass is 16.5. The highest BCUT2D eigenvalue weighted by Gasteiger charge is 2.17. The first-order valence-corrected chi connectivity index (χ1v) is 6.80. The van der Waals surface area contributed by atoms with E-state index < -0.39 is 17.9 Å². The van der Waals surface area contributed by atoms with Crippen LogP contribution in [0.1, 0.15) is 34.7 Å². The molecule has 2 aromatic rings. The Bertz CT molecular complexity index is 753. The number of primary amides is 1. The Labute approximate surface area is 132 Å². The van der Waals surface area contributed by atoms with Gasteiger partial charge in [0.05, 0.1) is 0 Å². The number of hydrogen-bond donors (Lipinski definition) is 3. The van der Waals surface area contributed by atoms with E-state index in [1.807, 2.05) is 0 Å². The van der Waals surface area contributed by atoms with Gasteiger partial charge in [-0.25, -0.2) is 0 Å². The number of nitrogens with zero attached hydrogens (tertiary/aromatic N) is 1. The molecule has 120 valence electrons. The number of nitrogens with one attached hydrogen (secondary N) is 2. The van der Waals surface area contributed by atoms with Crippen molar-refractivity contribution in [3.05, 3.63) is 41.6 Å². The first-order valence-electron chi connectivity index (χ1n) is 6.80. The predicted octanol–water partition coefficient (Wildman–Crippen LogP) is 1.12. The molecular formula is C15H16N4O4. The number of carbonyl (C=O) groups excluding carboxylic acids is 3. The number of anilines is 1. The number of benzene rings is 1. The van der Waals surface area contributed by atoms with Crippen molar-refractivity contribution >= 4 is 23.4 Å². The largest absolute Gasteiger partial charge is 0.481 e. The first-order chi connectivity index (χ1) is 10.9. The monoisotopic (exact) mass is 316 g/mol. The lowest BCUT2D eigenvalue weighted by atomic mass is 10.1. The standard InChI is InChI=1S/C15H16N4O4/c1-8(20)10-4-3-5-11(6-10)23-9(2)15(22)17-13-7-12(14(16)21)18-19-13/h3-7,9H,1-2H3,(H2,16,21)(H2,17,18,19,22)/t9-/m0/s1. The summed E-state index contributed by atoms with van der Waals surface area (Å²) in [5.74, 6) is -0.663. The Kier molecular flexibility index (Phi) is 4.75. The highest BCUT2D eigenvalue weighted by molar-refractivity contribution is 5.96. The Morgan fingerprint density at radius 3 is 2.65 bits per heavy atom. The molecule has 0 aliphatic carbocycles. The number of amides is 2. The number of hydrogen-bond acceptors (Lipinski definition) is 5. The number of aromatic nitrogens is 2. The van der Waals surface area contributed by atoms with Crippen molar-refractivity contribution in [1.82, 2.24) is 10.2 Å². The second-order valence-electron chi connectivity index (χ2n) is 4.86. The number of H-pyrrole nitrogens is 1. The molecule has 2 rings (SSSR count). The Morgan fingerprint density at radius 1 is 1.30 bits per heavy atom. The number of aromatic amines is 1. The fourth-order valence-corrected chi connectivity index (χ4v) is 1.79. The number of rotatable bonds is 6. The van der Waals surface area contributed by atoms with Crippen LogP contribution in [0.2, 0.25) is 0 Å². The third-order valence-corrected chi connectivity index (χ3v) is 3.02. The first kappa shape index (κ1) is 16.2. The summed E-state index contributed by atoms with van der Waals surface area (Å²) in [6.07, 6.45) is -0.828. The minimum Gasteiger partial charge on any atom is -0.481 e. The molecule has 1 aromatic carbocycles. The summed E-state index contributed by atoms with van der Waals surface area (Å²) < 4.78 is 5.50. The maximum atomic E-state index is 12.0. The molecule has 0 unspecified atom stereocenters. The molecule has 0 radical (unpaired) electrons. The molecule has 0 aliphatic rings. The van der Waals surface area contributed by atoms with Gasteiger partial charge in [-0.2, -0.15) is 5.10 Å². The molecule has 8 nitrogen and oxygen atoms in total. The van der Waals surface area contributed by atoms with Crippen LogP contribution in [-0.4, -0.2) is 33.9 Å². The zero-order valence-electron chi connectivity index (χ0n) is 12.6. The van der Waals surface area contributed by atoms with E-state index in [2.05, 4.69) is 15.5 Å². The summed E-state index contributed by atoms with van der Waals surface area (Å²) >= 11 is 0. The van der Waals surface area contributed by atoms with Crippen molar-refractivity contribution in [2.75, 3.05) is 5.32 Å². The SMILES string of the molecule is CC(=O)c1cccc(O[C@@H](C)C(=O)Nc2cc(C(N)=O)[nH]n2)c1. The zero-order chi connectivity index (χ0) is 17.0. The van der Waals surface area contributed by atoms with Crippen molar-refractivity contribution in [2.24, 2.45) is 5.73 Å². The smallest absolute Gasteiger partial charge is 0.266 e. The lowest BCUT2D eigenvalue weighted by Gasteiger charge is -2.14. The van der Waals surface area contributed by atoms with Gasteiger partial charge in [0.25, 0.3) is 11.8 Å². The molecule has 8 heteroatoms. The van der Waals surface area contributed by atoms with Gasteiger partial charge in [-0.15, -0.1) is 0 Å². The summed E-state index contributed by atoms with van der Waals surface area (Å²) in [7, 11) is 0. The van der Waals surface area contributed by atoms with E-state index >= 15 is 0 Å². The van der Waals surface area contributed by atoms with Crippen molar-refractivity contribution < 1.29 is 19.1 Å². The van der Waals surface area contributed by atoms with Crippen LogP contribution in [-0.2, 0) is 4.79 Å². The van der Waals surface area contributed by atoms with Gasteiger partial charge < -0.3 is 15.8 Å². The van der Waals surface area contributed by atoms with Crippen molar-refractivity contribution in [3.8, 4) is 5.75 Å². The fourth-order valence-electron chi connectivity index (χ4n) is 1.79. The molecule has 0 aliphatic heterocycles. The van der Waals surface area contributed by atoms with Gasteiger partial charge in [0.2, 0.25) is 0 Å². The van der Waals surface area contributed by atoms with Gasteiger partial charge in [0.1, 0.15) is 11.4 Å². The van der Waals surface area contributed by atoms with E-state index in [9.17, 15) is 14.4 Å². The molecule has 1 aromatic heterocycles. The molecule has 2 amide bonds. The van der Waals surface area contributed by atoms with Crippen LogP contribution in [0.5, 0.6) is 5.75 Å². The molecular weight excluding hydrogens is 300 g/mol. The third-order valence-electron chi connectivity index (χ3n) is 3.02. The molecule has 0 saturated carbocycles. The Balaban J connectivity index is 2.00. The number of Topliss-reactive ketones (excluding diaryl/α,β-unsaturated/α-hetero) is 1. The van der Waals surface area contributed by atoms with Crippen LogP contribution < -0.4 is 15.8 Å². The van der Waals surface area contributed by atoms with E-state index in [0.29, 0.717) is 11.3 Å². The maximum absolute atomic E-state index is 12.0. The van der Waals surface area contributed by atoms with Crippen molar-refractivity contribution in [3.63, 3.8) is 0 Å². The highest BCUT2D eigenvalue weighted by Crippen LogP contribution is 2.16. The summed E-state index contributed by atoms with van der Waals surface area (Å²) in [5.41, 5.74) is 5.66. The molecule has 0 saturated heterocycles. The average Bonchev–Trinajstić information content (AvgIpc) is 2.96. The molecule has 4 N–H and O–H groups in total. The van der Waals surface area contributed by atoms with E-state index in [4.69, 9.17) is 10.5 Å². The molecule has 23 heavy (non-hydrogen) atoms. The number of ether oxygens (including phenoxy) is 1. The van der Waals surface area contributed by atoms with Gasteiger partial charge in [-0.1, -0.05) is 12.1 Å². The lowest BCUT2D eigenvalue weighted by molar-refractivity contribution is -0.122. The number of nitrogens with two attached hydrogens (primary N) is 1. The van der Waals surface area contributed by atoms with Crippen molar-refractivity contribution in [2.45, 2.75) is 20.0 Å². The zero-order valence-corrected chi connectivity index (χ0v) is 12.6. The second kappa shape index (κ2) is 6.73. The average molecular weight is 316 g/mol. The maximum Gasteiger partial charge on any atom is 0.266 e. The fraction of sp³-hybridized carbons (Fsp3) is 0.200. The van der Waals surface area contributed by atoms with Crippen LogP contribution in [0.25, 0.3) is 0 Å². The summed E-state index contributed by atoms with van der Waals surface area (Å²) in [6, 6.07) is 7.86. The molecule has 0 bridgehead atoms. The van der Waals surface area contributed by atoms with Gasteiger partial charge in [-0.3, -0.25) is 19.5 Å². The van der Waals surface area contributed by atoms with Crippen molar-refractivity contribution in [1.29, 1.82) is 0 Å². The molecule has 1 atom stereocenters. The Morgan fingerprint density at radius 2 is 2.04 bits per heavy atom. The van der Waals surface area contributed by atoms with Crippen LogP contribution in [0.4, 0.5) is 5.82 Å². The summed E-state index contributed by atoms with van der Waals surface area (Å²) in [4.78, 5) is 34.3. The molecule has 0 fully saturated rings. The van der Waals surface area contributed by atoms with E-state index in [0.717, 1.165) is 0 Å². The second-order valence-corrected chi connectivity index (χ2v) is 4.86. The van der Waals surface area contributed by atoms with Crippen LogP contribution in [0.15, 0.2) is 30.3 Å². The van der Waals surface area contributed by atoms with Gasteiger partial charge in [-0.05, 0) is 26.0 Å². The normalized spacial score (nSPS) is 11.6. The lowest BCUT2D eigenvalue weighted by Crippen LogP contribution is -2.30. The van der Waals surface area contributed by atoms with E-state index in [-0.39, 0.29) is 17.3 Å². The minimum absolute atomic E-state index is 0.0861. The van der Waals surface area contributed by atoms with E-state index in [1.165, 1.54) is 13.0 Å². The van der Waals surface area contributed by atoms with Gasteiger partial charge >= 0.3 is 0 Å². The molecule has 1 heterocycles. The summed E-state index contributed by atoms with van der Waals surface area (Å²) in [6.45, 7) is 3.00. The summed E-state index contributed by atoms with van der Waals surface area (Å²) in [5, 5.41) is 8.64. The van der Waals surface area contributed by atoms with Crippen LogP contribution in [0.3, 0.4) is 0 Å². The quantitative estimate of drug-likeness (QED) is 0.688. The number of ketones is 1. The Hall–Kier alpha value is -3.16. The van der Waals surface area contributed by atoms with Gasteiger partial charge in [0, 0.05) is 11.6 Å². The van der Waals surface area contributed by atoms with Crippen LogP contribution >= 0.6 is 0 Å². The third kappa shape index (κ3) is 4.16.